The second-order valence-corrected chi connectivity index (χ2v) is 5.90. The summed E-state index contributed by atoms with van der Waals surface area (Å²) in [7, 11) is 1.64. The van der Waals surface area contributed by atoms with Gasteiger partial charge in [0.05, 0.1) is 12.8 Å². The molecule has 5 heteroatoms. The van der Waals surface area contributed by atoms with Gasteiger partial charge in [0, 0.05) is 18.7 Å². The van der Waals surface area contributed by atoms with Crippen LogP contribution in [0.15, 0.2) is 30.3 Å². The van der Waals surface area contributed by atoms with E-state index in [-0.39, 0.29) is 5.91 Å². The number of methoxy groups -OCH3 is 1. The quantitative estimate of drug-likeness (QED) is 0.752. The predicted octanol–water partition coefficient (Wildman–Crippen LogP) is 4.13. The first-order valence-electron chi connectivity index (χ1n) is 8.68. The van der Waals surface area contributed by atoms with Crippen LogP contribution in [0.25, 0.3) is 11.3 Å². The van der Waals surface area contributed by atoms with E-state index in [1.54, 1.807) is 7.11 Å². The highest BCUT2D eigenvalue weighted by atomic mass is 16.5. The van der Waals surface area contributed by atoms with Gasteiger partial charge in [-0.3, -0.25) is 9.89 Å². The van der Waals surface area contributed by atoms with Crippen LogP contribution in [0, 0.1) is 0 Å². The lowest BCUT2D eigenvalue weighted by Crippen LogP contribution is -2.33. The number of carbonyl (C=O) groups excluding carboxylic acids is 1. The molecule has 0 aliphatic heterocycles. The predicted molar refractivity (Wildman–Crippen MR) is 96.3 cm³/mol. The van der Waals surface area contributed by atoms with Gasteiger partial charge in [-0.25, -0.2) is 0 Å². The van der Waals surface area contributed by atoms with E-state index < -0.39 is 0 Å². The molecule has 0 spiro atoms. The van der Waals surface area contributed by atoms with E-state index in [0.29, 0.717) is 5.69 Å². The molecule has 0 radical (unpaired) electrons. The molecule has 2 rings (SSSR count). The van der Waals surface area contributed by atoms with Gasteiger partial charge >= 0.3 is 0 Å². The maximum Gasteiger partial charge on any atom is 0.271 e. The number of carbonyl (C=O) groups is 1. The van der Waals surface area contributed by atoms with Gasteiger partial charge < -0.3 is 9.64 Å². The smallest absolute Gasteiger partial charge is 0.271 e. The molecule has 1 amide bonds. The van der Waals surface area contributed by atoms with Crippen molar-refractivity contribution >= 4 is 5.91 Å². The van der Waals surface area contributed by atoms with Crippen LogP contribution in [0.3, 0.4) is 0 Å². The molecule has 0 saturated carbocycles. The Labute approximate surface area is 144 Å². The van der Waals surface area contributed by atoms with Crippen molar-refractivity contribution in [2.45, 2.75) is 39.5 Å². The van der Waals surface area contributed by atoms with Crippen molar-refractivity contribution in [2.75, 3.05) is 20.2 Å². The van der Waals surface area contributed by atoms with E-state index in [9.17, 15) is 4.79 Å². The van der Waals surface area contributed by atoms with E-state index in [4.69, 9.17) is 4.74 Å². The Hall–Kier alpha value is -2.30. The van der Waals surface area contributed by atoms with E-state index in [1.165, 1.54) is 0 Å². The summed E-state index contributed by atoms with van der Waals surface area (Å²) in [5, 5.41) is 7.19. The van der Waals surface area contributed by atoms with E-state index in [0.717, 1.165) is 55.8 Å². The summed E-state index contributed by atoms with van der Waals surface area (Å²) in [5.74, 6) is 0.800. The number of aromatic nitrogens is 2. The van der Waals surface area contributed by atoms with Crippen molar-refractivity contribution in [2.24, 2.45) is 0 Å². The Morgan fingerprint density at radius 1 is 1.17 bits per heavy atom. The molecule has 0 fully saturated rings. The number of hydrogen-bond donors (Lipinski definition) is 1. The average Bonchev–Trinajstić information content (AvgIpc) is 3.11. The van der Waals surface area contributed by atoms with Crippen LogP contribution in [0.4, 0.5) is 0 Å². The maximum atomic E-state index is 12.8. The zero-order chi connectivity index (χ0) is 17.4. The molecule has 1 aromatic carbocycles. The normalized spacial score (nSPS) is 10.6. The Balaban J connectivity index is 2.15. The highest BCUT2D eigenvalue weighted by Gasteiger charge is 2.18. The molecule has 1 N–H and O–H groups in total. The van der Waals surface area contributed by atoms with Crippen LogP contribution in [0.1, 0.15) is 50.0 Å². The van der Waals surface area contributed by atoms with Gasteiger partial charge in [0.15, 0.2) is 0 Å². The molecule has 2 aromatic rings. The van der Waals surface area contributed by atoms with Crippen molar-refractivity contribution in [1.29, 1.82) is 0 Å². The Morgan fingerprint density at radius 3 is 2.50 bits per heavy atom. The number of hydrogen-bond acceptors (Lipinski definition) is 3. The van der Waals surface area contributed by atoms with Crippen molar-refractivity contribution in [3.8, 4) is 17.0 Å². The lowest BCUT2D eigenvalue weighted by molar-refractivity contribution is 0.0745. The Morgan fingerprint density at radius 2 is 1.88 bits per heavy atom. The molecule has 0 atom stereocenters. The third-order valence-corrected chi connectivity index (χ3v) is 4.02. The summed E-state index contributed by atoms with van der Waals surface area (Å²) in [4.78, 5) is 14.7. The molecule has 1 heterocycles. The molecule has 0 bridgehead atoms. The largest absolute Gasteiger partial charge is 0.497 e. The summed E-state index contributed by atoms with van der Waals surface area (Å²) in [6.07, 6.45) is 4.19. The first-order chi connectivity index (χ1) is 11.7. The lowest BCUT2D eigenvalue weighted by atomic mass is 10.1. The first kappa shape index (κ1) is 18.0. The topological polar surface area (TPSA) is 58.2 Å². The van der Waals surface area contributed by atoms with Gasteiger partial charge in [0.25, 0.3) is 5.91 Å². The monoisotopic (exact) mass is 329 g/mol. The van der Waals surface area contributed by atoms with Crippen molar-refractivity contribution in [3.05, 3.63) is 36.0 Å². The Bertz CT molecular complexity index is 644. The highest BCUT2D eigenvalue weighted by molar-refractivity contribution is 5.93. The maximum absolute atomic E-state index is 12.8. The molecular weight excluding hydrogens is 302 g/mol. The van der Waals surface area contributed by atoms with Crippen LogP contribution < -0.4 is 4.74 Å². The minimum atomic E-state index is 0.0264. The van der Waals surface area contributed by atoms with Gasteiger partial charge in [-0.2, -0.15) is 5.10 Å². The molecule has 24 heavy (non-hydrogen) atoms. The van der Waals surface area contributed by atoms with Gasteiger partial charge in [0.1, 0.15) is 11.4 Å². The lowest BCUT2D eigenvalue weighted by Gasteiger charge is -2.21. The molecule has 0 unspecified atom stereocenters. The standard InChI is InChI=1S/C19H27N3O2/c1-4-6-11-22(12-7-5-2)19(23)18-14-17(20-21-18)15-9-8-10-16(13-15)24-3/h8-10,13-14H,4-7,11-12H2,1-3H3,(H,20,21). The molecule has 0 aliphatic rings. The van der Waals surface area contributed by atoms with Crippen molar-refractivity contribution < 1.29 is 9.53 Å². The van der Waals surface area contributed by atoms with E-state index in [1.807, 2.05) is 35.2 Å². The molecule has 1 aromatic heterocycles. The van der Waals surface area contributed by atoms with Gasteiger partial charge in [-0.15, -0.1) is 0 Å². The minimum Gasteiger partial charge on any atom is -0.497 e. The summed E-state index contributed by atoms with van der Waals surface area (Å²) in [5.41, 5.74) is 2.22. The molecule has 0 saturated heterocycles. The third kappa shape index (κ3) is 4.60. The van der Waals surface area contributed by atoms with Crippen LogP contribution in [-0.4, -0.2) is 41.2 Å². The number of nitrogens with zero attached hydrogens (tertiary/aromatic N) is 2. The second-order valence-electron chi connectivity index (χ2n) is 5.90. The summed E-state index contributed by atoms with van der Waals surface area (Å²) >= 11 is 0. The number of ether oxygens (including phenoxy) is 1. The molecule has 0 aliphatic carbocycles. The van der Waals surface area contributed by atoms with E-state index in [2.05, 4.69) is 24.0 Å². The SMILES string of the molecule is CCCCN(CCCC)C(=O)c1cc(-c2cccc(OC)c2)n[nH]1. The zero-order valence-corrected chi connectivity index (χ0v) is 14.8. The van der Waals surface area contributed by atoms with Crippen molar-refractivity contribution in [1.82, 2.24) is 15.1 Å². The number of unbranched alkanes of at least 4 members (excludes halogenated alkanes) is 2. The second kappa shape index (κ2) is 9.11. The third-order valence-electron chi connectivity index (χ3n) is 4.02. The average molecular weight is 329 g/mol. The molecule has 130 valence electrons. The molecule has 5 nitrogen and oxygen atoms in total. The van der Waals surface area contributed by atoms with Crippen LogP contribution in [-0.2, 0) is 0 Å². The fraction of sp³-hybridized carbons (Fsp3) is 0.474. The van der Waals surface area contributed by atoms with Crippen LogP contribution in [0.5, 0.6) is 5.75 Å². The van der Waals surface area contributed by atoms with E-state index >= 15 is 0 Å². The number of aromatic amines is 1. The summed E-state index contributed by atoms with van der Waals surface area (Å²) < 4.78 is 5.24. The minimum absolute atomic E-state index is 0.0264. The molecular formula is C19H27N3O2. The van der Waals surface area contributed by atoms with Gasteiger partial charge in [-0.05, 0) is 31.0 Å². The number of amides is 1. The van der Waals surface area contributed by atoms with Crippen LogP contribution in [0.2, 0.25) is 0 Å². The van der Waals surface area contributed by atoms with Crippen molar-refractivity contribution in [3.63, 3.8) is 0 Å². The highest BCUT2D eigenvalue weighted by Crippen LogP contribution is 2.23. The Kier molecular flexibility index (Phi) is 6.85. The number of H-pyrrole nitrogens is 1. The van der Waals surface area contributed by atoms with Gasteiger partial charge in [0.2, 0.25) is 0 Å². The summed E-state index contributed by atoms with van der Waals surface area (Å²) in [6.45, 7) is 5.87. The zero-order valence-electron chi connectivity index (χ0n) is 14.8. The first-order valence-corrected chi connectivity index (χ1v) is 8.68. The van der Waals surface area contributed by atoms with Crippen LogP contribution >= 0.6 is 0 Å². The fourth-order valence-electron chi connectivity index (χ4n) is 2.54. The summed E-state index contributed by atoms with van der Waals surface area (Å²) in [6, 6.07) is 9.50. The van der Waals surface area contributed by atoms with Gasteiger partial charge in [-0.1, -0.05) is 38.8 Å². The number of rotatable bonds is 9. The fourth-order valence-corrected chi connectivity index (χ4v) is 2.54. The number of benzene rings is 1. The number of nitrogens with one attached hydrogen (secondary N) is 1.